The van der Waals surface area contributed by atoms with Gasteiger partial charge in [-0.25, -0.2) is 9.13 Å². The van der Waals surface area contributed by atoms with E-state index in [2.05, 4.69) is 8.62 Å². The molecule has 0 aliphatic carbocycles. The van der Waals surface area contributed by atoms with Gasteiger partial charge in [-0.05, 0) is 0 Å². The topological polar surface area (TPSA) is 257 Å². The van der Waals surface area contributed by atoms with Gasteiger partial charge in [0.2, 0.25) is 0 Å². The quantitative estimate of drug-likeness (QED) is 0.232. The monoisotopic (exact) mass is 378 g/mol. The molecule has 1 atom stereocenters. The summed E-state index contributed by atoms with van der Waals surface area (Å²) in [6.07, 6.45) is 0. The molecule has 0 amide bonds. The average Bonchev–Trinajstić information content (AvgIpc) is 1.64. The van der Waals surface area contributed by atoms with Crippen molar-refractivity contribution in [2.24, 2.45) is 0 Å². The first-order valence-corrected chi connectivity index (χ1v) is 9.02. The molecule has 0 spiro atoms. The van der Waals surface area contributed by atoms with E-state index in [1.807, 2.05) is 0 Å². The van der Waals surface area contributed by atoms with Crippen LogP contribution in [0.25, 0.3) is 0 Å². The van der Waals surface area contributed by atoms with Crippen molar-refractivity contribution in [3.63, 3.8) is 0 Å². The minimum absolute atomic E-state index is 0. The maximum Gasteiger partial charge on any atom is 2.00 e. The van der Waals surface area contributed by atoms with E-state index in [0.717, 1.165) is 0 Å². The Balaban J connectivity index is -0.000000116. The molecule has 0 aromatic heterocycles. The molecule has 112 valence electrons. The molecule has 0 bridgehead atoms. The van der Waals surface area contributed by atoms with Gasteiger partial charge in [-0.2, -0.15) is 4.31 Å². The van der Waals surface area contributed by atoms with E-state index < -0.39 is 31.3 Å². The third kappa shape index (κ3) is 32.6. The summed E-state index contributed by atoms with van der Waals surface area (Å²) >= 11 is 0. The molecule has 0 rings (SSSR count). The normalized spacial score (nSPS) is 15.6. The van der Waals surface area contributed by atoms with Crippen molar-refractivity contribution in [1.29, 1.82) is 0 Å². The van der Waals surface area contributed by atoms with Crippen molar-refractivity contribution >= 4 is 54.3 Å². The van der Waals surface area contributed by atoms with Crippen molar-refractivity contribution in [2.75, 3.05) is 0 Å². The molecule has 14 nitrogen and oxygen atoms in total. The summed E-state index contributed by atoms with van der Waals surface area (Å²) < 4.78 is 43.6. The van der Waals surface area contributed by atoms with Gasteiger partial charge in [0.1, 0.15) is 0 Å². The molecule has 0 saturated carbocycles. The van der Waals surface area contributed by atoms with E-state index >= 15 is 0 Å². The SMILES string of the molecule is O=P(O)(O)OP(=O)(O)O.O=P([O-])([O-])OP(=O)([O-])O.[H+].[Mg+2]. The first kappa shape index (κ1) is 25.3. The smallest absolute Gasteiger partial charge is 0.790 e. The Morgan fingerprint density at radius 3 is 1.00 bits per heavy atom. The van der Waals surface area contributed by atoms with Crippen LogP contribution < -0.4 is 14.7 Å². The third-order valence-corrected chi connectivity index (χ3v) is 3.74. The van der Waals surface area contributed by atoms with Gasteiger partial charge < -0.3 is 43.7 Å². The summed E-state index contributed by atoms with van der Waals surface area (Å²) in [5.41, 5.74) is 0. The molecule has 5 N–H and O–H groups in total. The predicted octanol–water partition coefficient (Wildman–Crippen LogP) is -3.79. The number of phosphoric acid groups is 4. The molecular weight excluding hydrogens is 372 g/mol. The van der Waals surface area contributed by atoms with Gasteiger partial charge >= 0.3 is 40.1 Å². The van der Waals surface area contributed by atoms with Gasteiger partial charge in [0.25, 0.3) is 7.82 Å². The first-order valence-electron chi connectivity index (χ1n) is 3.01. The van der Waals surface area contributed by atoms with Crippen LogP contribution in [0.1, 0.15) is 1.43 Å². The van der Waals surface area contributed by atoms with E-state index in [1.54, 1.807) is 0 Å². The molecule has 0 radical (unpaired) electrons. The zero-order valence-corrected chi connectivity index (χ0v) is 13.4. The molecule has 0 aliphatic heterocycles. The molecule has 0 aliphatic rings. The summed E-state index contributed by atoms with van der Waals surface area (Å²) in [4.78, 5) is 66.7. The predicted molar refractivity (Wildman–Crippen MR) is 50.6 cm³/mol. The molecule has 1 unspecified atom stereocenters. The number of rotatable bonds is 4. The van der Waals surface area contributed by atoms with Crippen LogP contribution >= 0.6 is 31.3 Å². The van der Waals surface area contributed by atoms with Gasteiger partial charge in [-0.3, -0.25) is 8.88 Å². The van der Waals surface area contributed by atoms with E-state index in [-0.39, 0.29) is 24.5 Å². The second-order valence-corrected chi connectivity index (χ2v) is 7.16. The standard InChI is InChI=1S/Mg.2H4O7P2/c;2*1-8(2,3)7-9(4,5)6/h;2*(H2,1,2,3)(H2,4,5,6)/q+2;;/p-2. The summed E-state index contributed by atoms with van der Waals surface area (Å²) in [5.74, 6) is 0. The van der Waals surface area contributed by atoms with Crippen LogP contribution in [0.3, 0.4) is 0 Å². The number of hydrogen-bond acceptors (Lipinski definition) is 9. The average molecular weight is 378 g/mol. The van der Waals surface area contributed by atoms with Gasteiger partial charge in [-0.15, -0.1) is 0 Å². The Morgan fingerprint density at radius 1 is 0.737 bits per heavy atom. The van der Waals surface area contributed by atoms with Gasteiger partial charge in [0.05, 0.1) is 7.82 Å². The second kappa shape index (κ2) is 8.66. The van der Waals surface area contributed by atoms with Crippen LogP contribution in [0.2, 0.25) is 0 Å². The second-order valence-electron chi connectivity index (χ2n) is 2.06. The zero-order chi connectivity index (χ0) is 15.4. The van der Waals surface area contributed by atoms with Crippen LogP contribution in [0.4, 0.5) is 0 Å². The Kier molecular flexibility index (Phi) is 11.5. The van der Waals surface area contributed by atoms with Crippen molar-refractivity contribution < 1.29 is 67.5 Å². The Bertz CT molecular complexity index is 348. The van der Waals surface area contributed by atoms with E-state index in [0.29, 0.717) is 0 Å². The fourth-order valence-electron chi connectivity index (χ4n) is 0.265. The number of hydrogen-bond donors (Lipinski definition) is 5. The maximum atomic E-state index is 9.63. The molecule has 0 fully saturated rings. The fraction of sp³-hybridized carbons (Fsp3) is 0. The van der Waals surface area contributed by atoms with E-state index in [4.69, 9.17) is 24.5 Å². The Morgan fingerprint density at radius 2 is 1.00 bits per heavy atom. The summed E-state index contributed by atoms with van der Waals surface area (Å²) in [6.45, 7) is 0. The van der Waals surface area contributed by atoms with E-state index in [9.17, 15) is 32.9 Å². The van der Waals surface area contributed by atoms with Crippen molar-refractivity contribution in [3.8, 4) is 0 Å². The zero-order valence-electron chi connectivity index (χ0n) is 9.41. The van der Waals surface area contributed by atoms with Gasteiger partial charge in [0, 0.05) is 0 Å². The van der Waals surface area contributed by atoms with Gasteiger partial charge in [-0.1, -0.05) is 0 Å². The molecule has 0 saturated heterocycles. The van der Waals surface area contributed by atoms with Crippen molar-refractivity contribution in [1.82, 2.24) is 0 Å². The molecule has 19 heteroatoms. The van der Waals surface area contributed by atoms with Crippen LogP contribution in [0, 0.1) is 0 Å². The fourth-order valence-corrected chi connectivity index (χ4v) is 2.38. The minimum Gasteiger partial charge on any atom is -0.790 e. The molecule has 19 heavy (non-hydrogen) atoms. The largest absolute Gasteiger partial charge is 2.00 e. The molecule has 0 aromatic carbocycles. The maximum absolute atomic E-state index is 9.63. The molecule has 0 aromatic rings. The summed E-state index contributed by atoms with van der Waals surface area (Å²) in [6, 6.07) is 0. The molecular formula is H6MgO14P4. The van der Waals surface area contributed by atoms with Crippen LogP contribution in [0.15, 0.2) is 0 Å². The van der Waals surface area contributed by atoms with Crippen molar-refractivity contribution in [3.05, 3.63) is 0 Å². The first-order chi connectivity index (χ1) is 7.41. The van der Waals surface area contributed by atoms with Crippen molar-refractivity contribution in [2.45, 2.75) is 0 Å². The Hall–Kier alpha value is 1.29. The van der Waals surface area contributed by atoms with Gasteiger partial charge in [0.15, 0.2) is 0 Å². The van der Waals surface area contributed by atoms with Crippen LogP contribution in [-0.2, 0) is 26.9 Å². The molecule has 0 heterocycles. The third-order valence-electron chi connectivity index (χ3n) is 0.416. The minimum atomic E-state index is -5.61. The van der Waals surface area contributed by atoms with Crippen LogP contribution in [-0.4, -0.2) is 47.5 Å². The summed E-state index contributed by atoms with van der Waals surface area (Å²) in [5, 5.41) is 0. The Labute approximate surface area is 122 Å². The summed E-state index contributed by atoms with van der Waals surface area (Å²) in [7, 11) is -21.1. The van der Waals surface area contributed by atoms with Crippen LogP contribution in [0.5, 0.6) is 0 Å². The van der Waals surface area contributed by atoms with E-state index in [1.165, 1.54) is 0 Å².